The standard InChI is InChI=1S/C15H22N6O4/c1-4-5-17-14-9(2)7-21(15(23)18-14)13-6-11(19-20-16)12(25-13)8-24-10(3)22/h7,11-13H,4-6,8H2,1-3H3,(H,17,18,23)/t11-,12+,13+/m0/s1. The molecule has 10 nitrogen and oxygen atoms in total. The molecule has 0 spiro atoms. The monoisotopic (exact) mass is 350 g/mol. The summed E-state index contributed by atoms with van der Waals surface area (Å²) >= 11 is 0. The second-order valence-electron chi connectivity index (χ2n) is 5.83. The van der Waals surface area contributed by atoms with Crippen LogP contribution in [0.2, 0.25) is 0 Å². The summed E-state index contributed by atoms with van der Waals surface area (Å²) in [6, 6.07) is -0.528. The van der Waals surface area contributed by atoms with E-state index in [0.29, 0.717) is 12.2 Å². The molecule has 0 unspecified atom stereocenters. The Bertz CT molecular complexity index is 727. The second kappa shape index (κ2) is 8.50. The largest absolute Gasteiger partial charge is 0.463 e. The van der Waals surface area contributed by atoms with Crippen LogP contribution in [0.1, 0.15) is 38.5 Å². The molecule has 2 rings (SSSR count). The molecule has 0 saturated carbocycles. The molecule has 25 heavy (non-hydrogen) atoms. The number of hydrogen-bond donors (Lipinski definition) is 1. The lowest BCUT2D eigenvalue weighted by molar-refractivity contribution is -0.146. The lowest BCUT2D eigenvalue weighted by atomic mass is 10.1. The van der Waals surface area contributed by atoms with E-state index in [0.717, 1.165) is 18.5 Å². The van der Waals surface area contributed by atoms with Crippen LogP contribution in [0.4, 0.5) is 5.82 Å². The Balaban J connectivity index is 2.20. The molecule has 1 fully saturated rings. The number of carbonyl (C=O) groups excluding carboxylic acids is 1. The van der Waals surface area contributed by atoms with Gasteiger partial charge in [0, 0.05) is 36.6 Å². The van der Waals surface area contributed by atoms with Gasteiger partial charge in [-0.1, -0.05) is 12.0 Å². The van der Waals surface area contributed by atoms with Gasteiger partial charge < -0.3 is 14.8 Å². The molecule has 1 aliphatic heterocycles. The summed E-state index contributed by atoms with van der Waals surface area (Å²) in [7, 11) is 0. The summed E-state index contributed by atoms with van der Waals surface area (Å²) < 4.78 is 12.1. The van der Waals surface area contributed by atoms with E-state index < -0.39 is 30.0 Å². The summed E-state index contributed by atoms with van der Waals surface area (Å²) in [4.78, 5) is 30.2. The Kier molecular flexibility index (Phi) is 6.37. The number of anilines is 1. The number of aryl methyl sites for hydroxylation is 1. The number of nitrogens with zero attached hydrogens (tertiary/aromatic N) is 5. The van der Waals surface area contributed by atoms with E-state index in [1.807, 2.05) is 13.8 Å². The van der Waals surface area contributed by atoms with E-state index in [-0.39, 0.29) is 6.61 Å². The molecule has 1 aliphatic rings. The van der Waals surface area contributed by atoms with Crippen LogP contribution in [0.5, 0.6) is 0 Å². The van der Waals surface area contributed by atoms with Crippen molar-refractivity contribution in [1.29, 1.82) is 0 Å². The molecule has 1 aromatic heterocycles. The number of aromatic nitrogens is 2. The Labute approximate surface area is 144 Å². The maximum Gasteiger partial charge on any atom is 0.351 e. The Hall–Kier alpha value is -2.58. The van der Waals surface area contributed by atoms with Crippen molar-refractivity contribution in [2.75, 3.05) is 18.5 Å². The fourth-order valence-corrected chi connectivity index (χ4v) is 2.62. The Morgan fingerprint density at radius 1 is 1.64 bits per heavy atom. The van der Waals surface area contributed by atoms with Crippen molar-refractivity contribution < 1.29 is 14.3 Å². The smallest absolute Gasteiger partial charge is 0.351 e. The number of hydrogen-bond acceptors (Lipinski definition) is 7. The van der Waals surface area contributed by atoms with Gasteiger partial charge in [0.25, 0.3) is 0 Å². The fraction of sp³-hybridized carbons (Fsp3) is 0.667. The van der Waals surface area contributed by atoms with Crippen molar-refractivity contribution in [2.24, 2.45) is 5.11 Å². The normalized spacial score (nSPS) is 22.3. The fourth-order valence-electron chi connectivity index (χ4n) is 2.62. The number of rotatable bonds is 7. The van der Waals surface area contributed by atoms with Crippen LogP contribution in [0, 0.1) is 6.92 Å². The highest BCUT2D eigenvalue weighted by Gasteiger charge is 2.37. The summed E-state index contributed by atoms with van der Waals surface area (Å²) in [6.45, 7) is 5.84. The van der Waals surface area contributed by atoms with Crippen LogP contribution in [0.25, 0.3) is 10.4 Å². The number of ether oxygens (including phenoxy) is 2. The van der Waals surface area contributed by atoms with Crippen LogP contribution in [-0.4, -0.2) is 40.8 Å². The summed E-state index contributed by atoms with van der Waals surface area (Å²) in [6.07, 6.45) is 1.66. The van der Waals surface area contributed by atoms with Crippen LogP contribution in [0.15, 0.2) is 16.1 Å². The number of esters is 1. The molecule has 0 radical (unpaired) electrons. The molecule has 0 aliphatic carbocycles. The maximum atomic E-state index is 12.3. The summed E-state index contributed by atoms with van der Waals surface area (Å²) in [5.41, 5.74) is 9.05. The predicted molar refractivity (Wildman–Crippen MR) is 90.1 cm³/mol. The quantitative estimate of drug-likeness (QED) is 0.346. The molecular formula is C15H22N6O4. The molecule has 136 valence electrons. The van der Waals surface area contributed by atoms with Crippen LogP contribution in [0.3, 0.4) is 0 Å². The third-order valence-corrected chi connectivity index (χ3v) is 3.84. The first-order valence-corrected chi connectivity index (χ1v) is 8.13. The van der Waals surface area contributed by atoms with E-state index in [2.05, 4.69) is 20.3 Å². The Morgan fingerprint density at radius 2 is 2.40 bits per heavy atom. The van der Waals surface area contributed by atoms with Gasteiger partial charge in [0.05, 0.1) is 6.04 Å². The van der Waals surface area contributed by atoms with E-state index in [4.69, 9.17) is 15.0 Å². The summed E-state index contributed by atoms with van der Waals surface area (Å²) in [5.74, 6) is 0.0944. The minimum Gasteiger partial charge on any atom is -0.463 e. The average molecular weight is 350 g/mol. The molecule has 10 heteroatoms. The van der Waals surface area contributed by atoms with E-state index in [9.17, 15) is 9.59 Å². The highest BCUT2D eigenvalue weighted by Crippen LogP contribution is 2.30. The first-order valence-electron chi connectivity index (χ1n) is 8.13. The SMILES string of the molecule is CCCNc1nc(=O)n([C@H]2C[C@H](N=[N+]=[N-])[C@@H](COC(C)=O)O2)cc1C. The molecule has 3 atom stereocenters. The molecule has 1 N–H and O–H groups in total. The van der Waals surface area contributed by atoms with Crippen LogP contribution < -0.4 is 11.0 Å². The number of nitrogens with one attached hydrogen (secondary N) is 1. The van der Waals surface area contributed by atoms with Gasteiger partial charge in [-0.25, -0.2) is 4.79 Å². The second-order valence-corrected chi connectivity index (χ2v) is 5.83. The zero-order chi connectivity index (χ0) is 18.4. The van der Waals surface area contributed by atoms with Gasteiger partial charge in [-0.2, -0.15) is 4.98 Å². The molecule has 0 bridgehead atoms. The summed E-state index contributed by atoms with van der Waals surface area (Å²) in [5, 5.41) is 6.79. The first kappa shape index (κ1) is 18.8. The van der Waals surface area contributed by atoms with Gasteiger partial charge in [0.1, 0.15) is 24.8 Å². The first-order chi connectivity index (χ1) is 12.0. The van der Waals surface area contributed by atoms with Crippen molar-refractivity contribution in [1.82, 2.24) is 9.55 Å². The van der Waals surface area contributed by atoms with Gasteiger partial charge in [0.2, 0.25) is 0 Å². The average Bonchev–Trinajstić information content (AvgIpc) is 2.96. The highest BCUT2D eigenvalue weighted by atomic mass is 16.6. The highest BCUT2D eigenvalue weighted by molar-refractivity contribution is 5.65. The van der Waals surface area contributed by atoms with E-state index in [1.165, 1.54) is 11.5 Å². The lowest BCUT2D eigenvalue weighted by Gasteiger charge is -2.17. The maximum absolute atomic E-state index is 12.3. The zero-order valence-electron chi connectivity index (χ0n) is 14.5. The van der Waals surface area contributed by atoms with Gasteiger partial charge in [-0.05, 0) is 18.9 Å². The lowest BCUT2D eigenvalue weighted by Crippen LogP contribution is -2.29. The van der Waals surface area contributed by atoms with Crippen LogP contribution >= 0.6 is 0 Å². The minimum atomic E-state index is -0.630. The molecule has 1 saturated heterocycles. The Morgan fingerprint density at radius 3 is 3.04 bits per heavy atom. The van der Waals surface area contributed by atoms with E-state index in [1.54, 1.807) is 6.20 Å². The third kappa shape index (κ3) is 4.71. The van der Waals surface area contributed by atoms with E-state index >= 15 is 0 Å². The molecule has 0 amide bonds. The van der Waals surface area contributed by atoms with Gasteiger partial charge in [-0.15, -0.1) is 0 Å². The number of carbonyl (C=O) groups is 1. The van der Waals surface area contributed by atoms with Crippen molar-refractivity contribution in [3.05, 3.63) is 32.7 Å². The van der Waals surface area contributed by atoms with Gasteiger partial charge in [-0.3, -0.25) is 9.36 Å². The minimum absolute atomic E-state index is 0.0349. The number of azide groups is 1. The van der Waals surface area contributed by atoms with Crippen molar-refractivity contribution in [3.8, 4) is 0 Å². The van der Waals surface area contributed by atoms with Crippen molar-refractivity contribution >= 4 is 11.8 Å². The van der Waals surface area contributed by atoms with Gasteiger partial charge in [0.15, 0.2) is 0 Å². The molecule has 0 aromatic carbocycles. The molecule has 2 heterocycles. The predicted octanol–water partition coefficient (Wildman–Crippen LogP) is 1.90. The van der Waals surface area contributed by atoms with Crippen molar-refractivity contribution in [3.63, 3.8) is 0 Å². The molecular weight excluding hydrogens is 328 g/mol. The van der Waals surface area contributed by atoms with Crippen LogP contribution in [-0.2, 0) is 14.3 Å². The third-order valence-electron chi connectivity index (χ3n) is 3.84. The molecule has 1 aromatic rings. The van der Waals surface area contributed by atoms with Crippen molar-refractivity contribution in [2.45, 2.75) is 52.0 Å². The topological polar surface area (TPSA) is 131 Å². The van der Waals surface area contributed by atoms with Gasteiger partial charge >= 0.3 is 11.7 Å². The zero-order valence-corrected chi connectivity index (χ0v) is 14.5.